The summed E-state index contributed by atoms with van der Waals surface area (Å²) in [7, 11) is 3.84. The Morgan fingerprint density at radius 2 is 1.88 bits per heavy atom. The third kappa shape index (κ3) is 3.63. The zero-order valence-electron chi connectivity index (χ0n) is 10.8. The van der Waals surface area contributed by atoms with Crippen LogP contribution in [0.25, 0.3) is 5.70 Å². The van der Waals surface area contributed by atoms with Crippen molar-refractivity contribution in [2.24, 2.45) is 0 Å². The van der Waals surface area contributed by atoms with Crippen molar-refractivity contribution in [2.45, 2.75) is 13.8 Å². The van der Waals surface area contributed by atoms with Crippen LogP contribution in [0.3, 0.4) is 0 Å². The van der Waals surface area contributed by atoms with Gasteiger partial charge in [0.05, 0.1) is 5.70 Å². The van der Waals surface area contributed by atoms with Gasteiger partial charge in [0.25, 0.3) is 0 Å². The lowest BCUT2D eigenvalue weighted by Crippen LogP contribution is -2.13. The van der Waals surface area contributed by atoms with Gasteiger partial charge in [-0.3, -0.25) is 0 Å². The highest BCUT2D eigenvalue weighted by Crippen LogP contribution is 2.14. The summed E-state index contributed by atoms with van der Waals surface area (Å²) in [6.07, 6.45) is 4.02. The lowest BCUT2D eigenvalue weighted by atomic mass is 10.1. The maximum atomic E-state index is 12.8. The summed E-state index contributed by atoms with van der Waals surface area (Å²) >= 11 is 0. The fourth-order valence-electron chi connectivity index (χ4n) is 1.41. The van der Waals surface area contributed by atoms with Crippen molar-refractivity contribution in [3.63, 3.8) is 0 Å². The Labute approximate surface area is 102 Å². The molecule has 92 valence electrons. The van der Waals surface area contributed by atoms with Crippen molar-refractivity contribution in [3.8, 4) is 0 Å². The predicted octanol–water partition coefficient (Wildman–Crippen LogP) is 3.20. The van der Waals surface area contributed by atoms with Crippen molar-refractivity contribution in [2.75, 3.05) is 14.1 Å². The molecule has 0 aliphatic carbocycles. The monoisotopic (exact) mass is 234 g/mol. The lowest BCUT2D eigenvalue weighted by Gasteiger charge is -2.17. The highest BCUT2D eigenvalue weighted by Gasteiger charge is 2.02. The van der Waals surface area contributed by atoms with Gasteiger partial charge in [-0.1, -0.05) is 6.08 Å². The van der Waals surface area contributed by atoms with Gasteiger partial charge in [0.1, 0.15) is 5.82 Å². The smallest absolute Gasteiger partial charge is 0.123 e. The summed E-state index contributed by atoms with van der Waals surface area (Å²) in [5.74, 6) is -0.220. The standard InChI is InChI=1S/C14H19FN2/c1-5-11(2)17(4)10-14(16-3)12-6-8-13(15)9-7-12/h5-10,16H,1-4H3/b11-5+,14-10-. The molecule has 1 N–H and O–H groups in total. The molecule has 0 saturated heterocycles. The Bertz CT molecular complexity index is 418. The van der Waals surface area contributed by atoms with E-state index < -0.39 is 0 Å². The fraction of sp³-hybridized carbons (Fsp3) is 0.286. The molecule has 0 aromatic heterocycles. The van der Waals surface area contributed by atoms with Crippen LogP contribution in [-0.2, 0) is 0 Å². The van der Waals surface area contributed by atoms with E-state index in [1.807, 2.05) is 45.1 Å². The van der Waals surface area contributed by atoms with Crippen molar-refractivity contribution in [1.29, 1.82) is 0 Å². The summed E-state index contributed by atoms with van der Waals surface area (Å²) in [5.41, 5.74) is 3.07. The molecule has 0 radical (unpaired) electrons. The van der Waals surface area contributed by atoms with Crippen molar-refractivity contribution in [1.82, 2.24) is 10.2 Å². The third-order valence-electron chi connectivity index (χ3n) is 2.72. The molecule has 0 aliphatic rings. The second-order valence-corrected chi connectivity index (χ2v) is 3.84. The van der Waals surface area contributed by atoms with Gasteiger partial charge < -0.3 is 10.2 Å². The van der Waals surface area contributed by atoms with Crippen LogP contribution in [-0.4, -0.2) is 19.0 Å². The number of rotatable bonds is 4. The van der Waals surface area contributed by atoms with Gasteiger partial charge >= 0.3 is 0 Å². The Morgan fingerprint density at radius 3 is 2.35 bits per heavy atom. The molecule has 0 spiro atoms. The predicted molar refractivity (Wildman–Crippen MR) is 70.6 cm³/mol. The van der Waals surface area contributed by atoms with Gasteiger partial charge in [0.15, 0.2) is 0 Å². The van der Waals surface area contributed by atoms with E-state index in [0.717, 1.165) is 17.0 Å². The molecule has 0 amide bonds. The van der Waals surface area contributed by atoms with Crippen LogP contribution in [0.5, 0.6) is 0 Å². The summed E-state index contributed by atoms with van der Waals surface area (Å²) < 4.78 is 12.8. The van der Waals surface area contributed by atoms with Crippen molar-refractivity contribution in [3.05, 3.63) is 53.6 Å². The number of benzene rings is 1. The average Bonchev–Trinajstić information content (AvgIpc) is 2.35. The number of nitrogens with one attached hydrogen (secondary N) is 1. The van der Waals surface area contributed by atoms with E-state index in [9.17, 15) is 4.39 Å². The van der Waals surface area contributed by atoms with Gasteiger partial charge in [-0.2, -0.15) is 0 Å². The average molecular weight is 234 g/mol. The molecule has 0 bridgehead atoms. The molecule has 0 unspecified atom stereocenters. The maximum Gasteiger partial charge on any atom is 0.123 e. The SMILES string of the molecule is C/C=C(\C)N(C)/C=C(\NC)c1ccc(F)cc1. The fourth-order valence-corrected chi connectivity index (χ4v) is 1.41. The van der Waals surface area contributed by atoms with Crippen LogP contribution >= 0.6 is 0 Å². The van der Waals surface area contributed by atoms with E-state index in [0.29, 0.717) is 0 Å². The molecule has 2 nitrogen and oxygen atoms in total. The molecule has 0 fully saturated rings. The second kappa shape index (κ2) is 6.09. The lowest BCUT2D eigenvalue weighted by molar-refractivity contribution is 0.568. The first-order valence-corrected chi connectivity index (χ1v) is 5.59. The van der Waals surface area contributed by atoms with Gasteiger partial charge in [0, 0.05) is 26.0 Å². The normalized spacial score (nSPS) is 12.5. The molecule has 3 heteroatoms. The summed E-state index contributed by atoms with van der Waals surface area (Å²) in [6, 6.07) is 6.44. The second-order valence-electron chi connectivity index (χ2n) is 3.84. The van der Waals surface area contributed by atoms with Gasteiger partial charge in [-0.15, -0.1) is 0 Å². The first kappa shape index (κ1) is 13.3. The Hall–Kier alpha value is -1.77. The largest absolute Gasteiger partial charge is 0.386 e. The van der Waals surface area contributed by atoms with E-state index in [1.54, 1.807) is 12.1 Å². The van der Waals surface area contributed by atoms with Crippen molar-refractivity contribution >= 4 is 5.70 Å². The molecule has 1 aromatic carbocycles. The molecular formula is C14H19FN2. The van der Waals surface area contributed by atoms with Crippen LogP contribution < -0.4 is 5.32 Å². The van der Waals surface area contributed by atoms with Crippen LogP contribution in [0.2, 0.25) is 0 Å². The molecule has 0 atom stereocenters. The molecular weight excluding hydrogens is 215 g/mol. The topological polar surface area (TPSA) is 15.3 Å². The van der Waals surface area contributed by atoms with Gasteiger partial charge in [-0.05, 0) is 43.7 Å². The van der Waals surface area contributed by atoms with E-state index in [1.165, 1.54) is 12.1 Å². The maximum absolute atomic E-state index is 12.8. The molecule has 0 aliphatic heterocycles. The van der Waals surface area contributed by atoms with Crippen LogP contribution in [0.4, 0.5) is 4.39 Å². The molecule has 17 heavy (non-hydrogen) atoms. The third-order valence-corrected chi connectivity index (χ3v) is 2.72. The Balaban J connectivity index is 2.99. The molecule has 1 aromatic rings. The molecule has 1 rings (SSSR count). The molecule has 0 saturated carbocycles. The minimum atomic E-state index is -0.220. The van der Waals surface area contributed by atoms with Gasteiger partial charge in [-0.25, -0.2) is 4.39 Å². The molecule has 0 heterocycles. The number of hydrogen-bond donors (Lipinski definition) is 1. The summed E-state index contributed by atoms with van der Waals surface area (Å²) in [4.78, 5) is 2.02. The quantitative estimate of drug-likeness (QED) is 0.860. The van der Waals surface area contributed by atoms with Crippen molar-refractivity contribution < 1.29 is 4.39 Å². The summed E-state index contributed by atoms with van der Waals surface area (Å²) in [5, 5.41) is 3.12. The number of allylic oxidation sites excluding steroid dienone is 2. The van der Waals surface area contributed by atoms with Crippen LogP contribution in [0.1, 0.15) is 19.4 Å². The van der Waals surface area contributed by atoms with Crippen LogP contribution in [0.15, 0.2) is 42.2 Å². The van der Waals surface area contributed by atoms with E-state index in [2.05, 4.69) is 5.32 Å². The van der Waals surface area contributed by atoms with E-state index in [4.69, 9.17) is 0 Å². The number of nitrogens with zero attached hydrogens (tertiary/aromatic N) is 1. The minimum absolute atomic E-state index is 0.220. The highest BCUT2D eigenvalue weighted by molar-refractivity contribution is 5.63. The van der Waals surface area contributed by atoms with E-state index >= 15 is 0 Å². The Morgan fingerprint density at radius 1 is 1.29 bits per heavy atom. The summed E-state index contributed by atoms with van der Waals surface area (Å²) in [6.45, 7) is 4.03. The first-order chi connectivity index (χ1) is 8.08. The first-order valence-electron chi connectivity index (χ1n) is 5.59. The van der Waals surface area contributed by atoms with Gasteiger partial charge in [0.2, 0.25) is 0 Å². The van der Waals surface area contributed by atoms with E-state index in [-0.39, 0.29) is 5.82 Å². The van der Waals surface area contributed by atoms with Crippen LogP contribution in [0, 0.1) is 5.82 Å². The zero-order chi connectivity index (χ0) is 12.8. The highest BCUT2D eigenvalue weighted by atomic mass is 19.1. The number of hydrogen-bond acceptors (Lipinski definition) is 2. The minimum Gasteiger partial charge on any atom is -0.386 e. The number of halogens is 1. The Kier molecular flexibility index (Phi) is 4.76. The zero-order valence-corrected chi connectivity index (χ0v) is 10.8.